The van der Waals surface area contributed by atoms with Gasteiger partial charge in [0.15, 0.2) is 5.01 Å². The highest BCUT2D eigenvalue weighted by Crippen LogP contribution is 2.33. The number of hydrogen-bond acceptors (Lipinski definition) is 6. The van der Waals surface area contributed by atoms with Crippen LogP contribution in [-0.2, 0) is 10.0 Å². The molecule has 28 heavy (non-hydrogen) atoms. The number of rotatable bonds is 4. The molecule has 0 bridgehead atoms. The molecule has 1 aliphatic heterocycles. The quantitative estimate of drug-likeness (QED) is 0.626. The van der Waals surface area contributed by atoms with Crippen LogP contribution in [0.5, 0.6) is 0 Å². The molecule has 1 fully saturated rings. The Labute approximate surface area is 173 Å². The van der Waals surface area contributed by atoms with E-state index in [-0.39, 0.29) is 0 Å². The highest BCUT2D eigenvalue weighted by Gasteiger charge is 2.29. The fourth-order valence-corrected chi connectivity index (χ4v) is 5.71. The van der Waals surface area contributed by atoms with Gasteiger partial charge in [-0.3, -0.25) is 0 Å². The molecule has 0 radical (unpaired) electrons. The zero-order chi connectivity index (χ0) is 19.7. The van der Waals surface area contributed by atoms with E-state index in [1.807, 2.05) is 43.3 Å². The molecule has 1 aromatic heterocycles. The third-order valence-electron chi connectivity index (χ3n) is 4.69. The Morgan fingerprint density at radius 1 is 0.964 bits per heavy atom. The first-order valence-electron chi connectivity index (χ1n) is 8.85. The van der Waals surface area contributed by atoms with Crippen molar-refractivity contribution in [1.82, 2.24) is 14.5 Å². The van der Waals surface area contributed by atoms with Crippen molar-refractivity contribution in [2.24, 2.45) is 0 Å². The number of nitrogens with zero attached hydrogens (tertiary/aromatic N) is 4. The Morgan fingerprint density at radius 2 is 1.64 bits per heavy atom. The molecule has 1 aliphatic rings. The molecule has 9 heteroatoms. The topological polar surface area (TPSA) is 66.4 Å². The minimum atomic E-state index is -3.47. The molecular formula is C19H19ClN4O2S2. The maximum atomic E-state index is 12.8. The molecule has 2 heterocycles. The van der Waals surface area contributed by atoms with E-state index >= 15 is 0 Å². The summed E-state index contributed by atoms with van der Waals surface area (Å²) in [5.41, 5.74) is 1.89. The van der Waals surface area contributed by atoms with Gasteiger partial charge in [-0.1, -0.05) is 58.8 Å². The van der Waals surface area contributed by atoms with Crippen LogP contribution in [0.25, 0.3) is 10.6 Å². The van der Waals surface area contributed by atoms with Crippen molar-refractivity contribution in [3.8, 4) is 10.6 Å². The first kappa shape index (κ1) is 19.3. The molecule has 1 saturated heterocycles. The lowest BCUT2D eigenvalue weighted by atomic mass is 10.2. The summed E-state index contributed by atoms with van der Waals surface area (Å²) >= 11 is 7.71. The van der Waals surface area contributed by atoms with Gasteiger partial charge in [-0.2, -0.15) is 4.31 Å². The van der Waals surface area contributed by atoms with E-state index in [1.165, 1.54) is 15.6 Å². The summed E-state index contributed by atoms with van der Waals surface area (Å²) in [7, 11) is -3.47. The summed E-state index contributed by atoms with van der Waals surface area (Å²) in [5, 5.41) is 10.7. The number of benzene rings is 2. The van der Waals surface area contributed by atoms with Gasteiger partial charge < -0.3 is 4.90 Å². The van der Waals surface area contributed by atoms with Gasteiger partial charge in [0.1, 0.15) is 0 Å². The van der Waals surface area contributed by atoms with Crippen molar-refractivity contribution in [3.63, 3.8) is 0 Å². The summed E-state index contributed by atoms with van der Waals surface area (Å²) in [6.07, 6.45) is 0. The largest absolute Gasteiger partial charge is 0.344 e. The van der Waals surface area contributed by atoms with Crippen LogP contribution >= 0.6 is 22.9 Å². The van der Waals surface area contributed by atoms with Crippen molar-refractivity contribution in [1.29, 1.82) is 0 Å². The van der Waals surface area contributed by atoms with Crippen molar-refractivity contribution in [2.75, 3.05) is 31.1 Å². The third kappa shape index (κ3) is 3.77. The molecule has 146 valence electrons. The second-order valence-electron chi connectivity index (χ2n) is 6.57. The Morgan fingerprint density at radius 3 is 2.32 bits per heavy atom. The van der Waals surface area contributed by atoms with E-state index in [0.717, 1.165) is 21.3 Å². The van der Waals surface area contributed by atoms with Crippen molar-refractivity contribution in [3.05, 3.63) is 59.1 Å². The maximum Gasteiger partial charge on any atom is 0.243 e. The SMILES string of the molecule is Cc1ccc(S(=O)(=O)N2CCN(c3nnc(-c4ccccc4Cl)s3)CC2)cc1. The average molecular weight is 435 g/mol. The fourth-order valence-electron chi connectivity index (χ4n) is 3.07. The minimum Gasteiger partial charge on any atom is -0.344 e. The molecule has 0 amide bonds. The van der Waals surface area contributed by atoms with Crippen molar-refractivity contribution in [2.45, 2.75) is 11.8 Å². The molecule has 6 nitrogen and oxygen atoms in total. The van der Waals surface area contributed by atoms with Crippen LogP contribution in [0.1, 0.15) is 5.56 Å². The lowest BCUT2D eigenvalue weighted by molar-refractivity contribution is 0.384. The molecule has 0 spiro atoms. The van der Waals surface area contributed by atoms with Crippen LogP contribution in [0.15, 0.2) is 53.4 Å². The van der Waals surface area contributed by atoms with Gasteiger partial charge in [0.05, 0.1) is 9.92 Å². The standard InChI is InChI=1S/C19H19ClN4O2S2/c1-14-6-8-15(9-7-14)28(25,26)24-12-10-23(11-13-24)19-22-21-18(27-19)16-4-2-3-5-17(16)20/h2-9H,10-13H2,1H3. The second-order valence-corrected chi connectivity index (χ2v) is 9.87. The zero-order valence-corrected chi connectivity index (χ0v) is 17.6. The van der Waals surface area contributed by atoms with Gasteiger partial charge in [-0.25, -0.2) is 8.42 Å². The molecular weight excluding hydrogens is 416 g/mol. The number of aromatic nitrogens is 2. The van der Waals surface area contributed by atoms with Crippen molar-refractivity contribution >= 4 is 38.1 Å². The molecule has 0 unspecified atom stereocenters. The average Bonchev–Trinajstić information content (AvgIpc) is 3.19. The van der Waals surface area contributed by atoms with E-state index in [4.69, 9.17) is 11.6 Å². The summed E-state index contributed by atoms with van der Waals surface area (Å²) < 4.78 is 27.2. The number of aryl methyl sites for hydroxylation is 1. The number of halogens is 1. The third-order valence-corrected chi connectivity index (χ3v) is 7.95. The fraction of sp³-hybridized carbons (Fsp3) is 0.263. The van der Waals surface area contributed by atoms with Crippen LogP contribution in [0.3, 0.4) is 0 Å². The normalized spacial score (nSPS) is 15.7. The molecule has 0 N–H and O–H groups in total. The van der Waals surface area contributed by atoms with E-state index < -0.39 is 10.0 Å². The van der Waals surface area contributed by atoms with Crippen LogP contribution in [-0.4, -0.2) is 49.1 Å². The number of anilines is 1. The summed E-state index contributed by atoms with van der Waals surface area (Å²) in [5.74, 6) is 0. The van der Waals surface area contributed by atoms with Gasteiger partial charge in [0.2, 0.25) is 15.2 Å². The van der Waals surface area contributed by atoms with Crippen molar-refractivity contribution < 1.29 is 8.42 Å². The molecule has 0 atom stereocenters. The van der Waals surface area contributed by atoms with Gasteiger partial charge in [-0.05, 0) is 25.1 Å². The Balaban J connectivity index is 1.46. The van der Waals surface area contributed by atoms with E-state index in [0.29, 0.717) is 36.1 Å². The molecule has 3 aromatic rings. The highest BCUT2D eigenvalue weighted by molar-refractivity contribution is 7.89. The lowest BCUT2D eigenvalue weighted by Crippen LogP contribution is -2.48. The van der Waals surface area contributed by atoms with Crippen LogP contribution in [0.2, 0.25) is 5.02 Å². The van der Waals surface area contributed by atoms with Gasteiger partial charge in [0.25, 0.3) is 0 Å². The number of hydrogen-bond donors (Lipinski definition) is 0. The Hall–Kier alpha value is -2.00. The highest BCUT2D eigenvalue weighted by atomic mass is 35.5. The van der Waals surface area contributed by atoms with Gasteiger partial charge in [0, 0.05) is 31.7 Å². The molecule has 0 saturated carbocycles. The minimum absolute atomic E-state index is 0.337. The number of piperazine rings is 1. The van der Waals surface area contributed by atoms with E-state index in [9.17, 15) is 8.42 Å². The smallest absolute Gasteiger partial charge is 0.243 e. The predicted molar refractivity (Wildman–Crippen MR) is 113 cm³/mol. The van der Waals surface area contributed by atoms with Gasteiger partial charge >= 0.3 is 0 Å². The zero-order valence-electron chi connectivity index (χ0n) is 15.2. The molecule has 4 rings (SSSR count). The Bertz CT molecular complexity index is 1080. The molecule has 0 aliphatic carbocycles. The maximum absolute atomic E-state index is 12.8. The number of sulfonamides is 1. The Kier molecular flexibility index (Phi) is 5.37. The predicted octanol–water partition coefficient (Wildman–Crippen LogP) is 3.68. The van der Waals surface area contributed by atoms with E-state index in [2.05, 4.69) is 15.1 Å². The first-order chi connectivity index (χ1) is 13.4. The lowest BCUT2D eigenvalue weighted by Gasteiger charge is -2.33. The first-order valence-corrected chi connectivity index (χ1v) is 11.5. The van der Waals surface area contributed by atoms with Crippen LogP contribution in [0.4, 0.5) is 5.13 Å². The summed E-state index contributed by atoms with van der Waals surface area (Å²) in [6, 6.07) is 14.5. The summed E-state index contributed by atoms with van der Waals surface area (Å²) in [4.78, 5) is 2.41. The summed E-state index contributed by atoms with van der Waals surface area (Å²) in [6.45, 7) is 3.91. The van der Waals surface area contributed by atoms with Gasteiger partial charge in [-0.15, -0.1) is 10.2 Å². The van der Waals surface area contributed by atoms with E-state index in [1.54, 1.807) is 12.1 Å². The monoisotopic (exact) mass is 434 g/mol. The van der Waals surface area contributed by atoms with Crippen LogP contribution in [0, 0.1) is 6.92 Å². The van der Waals surface area contributed by atoms with Crippen LogP contribution < -0.4 is 4.90 Å². The molecule has 2 aromatic carbocycles. The second kappa shape index (κ2) is 7.79.